The maximum Gasteiger partial charge on any atom is 0.119 e. The van der Waals surface area contributed by atoms with Gasteiger partial charge < -0.3 is 9.84 Å². The van der Waals surface area contributed by atoms with Gasteiger partial charge in [0.05, 0.1) is 0 Å². The average molecular weight is 430 g/mol. The van der Waals surface area contributed by atoms with E-state index in [1.807, 2.05) is 12.1 Å². The summed E-state index contributed by atoms with van der Waals surface area (Å²) in [6.45, 7) is 6.60. The SMILES string of the molecule is CC1([C@H]2CCc3cc(O)ccc3[C@H]2c2ccc(OCCN3CCCC3)cc2)C=CC=CC1. The molecule has 32 heavy (non-hydrogen) atoms. The third-order valence-electron chi connectivity index (χ3n) is 7.83. The van der Waals surface area contributed by atoms with E-state index >= 15 is 0 Å². The Morgan fingerprint density at radius 2 is 1.88 bits per heavy atom. The van der Waals surface area contributed by atoms with Crippen LogP contribution in [0.5, 0.6) is 11.5 Å². The van der Waals surface area contributed by atoms with Crippen molar-refractivity contribution >= 4 is 0 Å². The van der Waals surface area contributed by atoms with Crippen molar-refractivity contribution < 1.29 is 9.84 Å². The normalized spacial score (nSPS) is 27.4. The Labute approximate surface area is 192 Å². The number of fused-ring (bicyclic) bond motifs is 1. The molecule has 2 aromatic carbocycles. The first kappa shape index (κ1) is 21.3. The number of nitrogens with zero attached hydrogens (tertiary/aromatic N) is 1. The third-order valence-corrected chi connectivity index (χ3v) is 7.83. The predicted molar refractivity (Wildman–Crippen MR) is 130 cm³/mol. The molecule has 3 nitrogen and oxygen atoms in total. The Balaban J connectivity index is 1.39. The molecule has 0 bridgehead atoms. The number of allylic oxidation sites excluding steroid dienone is 4. The molecule has 2 aliphatic carbocycles. The van der Waals surface area contributed by atoms with Gasteiger partial charge in [0.25, 0.3) is 0 Å². The fourth-order valence-corrected chi connectivity index (χ4v) is 6.02. The lowest BCUT2D eigenvalue weighted by atomic mass is 9.59. The molecule has 3 atom stereocenters. The van der Waals surface area contributed by atoms with Gasteiger partial charge in [0, 0.05) is 12.5 Å². The molecule has 5 rings (SSSR count). The van der Waals surface area contributed by atoms with Gasteiger partial charge in [-0.1, -0.05) is 49.4 Å². The molecule has 1 N–H and O–H groups in total. The average Bonchev–Trinajstić information content (AvgIpc) is 3.33. The van der Waals surface area contributed by atoms with E-state index in [1.165, 1.54) is 42.6 Å². The Hall–Kier alpha value is -2.52. The van der Waals surface area contributed by atoms with E-state index in [0.29, 0.717) is 17.6 Å². The summed E-state index contributed by atoms with van der Waals surface area (Å²) in [5.74, 6) is 2.16. The summed E-state index contributed by atoms with van der Waals surface area (Å²) >= 11 is 0. The number of phenolic OH excluding ortho intramolecular Hbond substituents is 1. The van der Waals surface area contributed by atoms with Crippen LogP contribution < -0.4 is 4.74 Å². The molecule has 1 aliphatic heterocycles. The number of ether oxygens (including phenoxy) is 1. The molecule has 2 aromatic rings. The van der Waals surface area contributed by atoms with Crippen LogP contribution in [-0.4, -0.2) is 36.2 Å². The molecule has 3 aliphatic rings. The molecular formula is C29H35NO2. The van der Waals surface area contributed by atoms with Crippen molar-refractivity contribution in [2.75, 3.05) is 26.2 Å². The fraction of sp³-hybridized carbons (Fsp3) is 0.448. The number of phenols is 1. The second kappa shape index (κ2) is 9.15. The molecular weight excluding hydrogens is 394 g/mol. The van der Waals surface area contributed by atoms with Gasteiger partial charge in [-0.3, -0.25) is 4.90 Å². The van der Waals surface area contributed by atoms with Gasteiger partial charge in [0.1, 0.15) is 18.1 Å². The highest BCUT2D eigenvalue weighted by Crippen LogP contribution is 2.52. The number of hydrogen-bond acceptors (Lipinski definition) is 3. The predicted octanol–water partition coefficient (Wildman–Crippen LogP) is 6.08. The lowest BCUT2D eigenvalue weighted by Gasteiger charge is -2.44. The quantitative estimate of drug-likeness (QED) is 0.604. The summed E-state index contributed by atoms with van der Waals surface area (Å²) in [6, 6.07) is 14.8. The molecule has 1 saturated heterocycles. The number of benzene rings is 2. The lowest BCUT2D eigenvalue weighted by Crippen LogP contribution is -2.35. The summed E-state index contributed by atoms with van der Waals surface area (Å²) in [5, 5.41) is 10.1. The molecule has 0 amide bonds. The van der Waals surface area contributed by atoms with Crippen LogP contribution in [-0.2, 0) is 6.42 Å². The van der Waals surface area contributed by atoms with Gasteiger partial charge in [0.2, 0.25) is 0 Å². The van der Waals surface area contributed by atoms with Gasteiger partial charge in [-0.05, 0) is 97.5 Å². The molecule has 1 heterocycles. The minimum atomic E-state index is 0.139. The maximum atomic E-state index is 10.1. The van der Waals surface area contributed by atoms with Crippen LogP contribution in [0.15, 0.2) is 66.8 Å². The van der Waals surface area contributed by atoms with Crippen molar-refractivity contribution in [3.8, 4) is 11.5 Å². The standard InChI is InChI=1S/C29H35NO2/c1-29(15-3-2-4-16-29)27-14-9-23-21-24(31)10-13-26(23)28(27)22-7-11-25(12-8-22)32-20-19-30-17-5-6-18-30/h2-4,7-8,10-13,15,21,27-28,31H,5-6,9,14,16-20H2,1H3/t27-,28+,29?/m0/s1. The Morgan fingerprint density at radius 3 is 2.62 bits per heavy atom. The summed E-state index contributed by atoms with van der Waals surface area (Å²) in [7, 11) is 0. The van der Waals surface area contributed by atoms with E-state index in [0.717, 1.165) is 38.2 Å². The van der Waals surface area contributed by atoms with E-state index in [9.17, 15) is 5.11 Å². The van der Waals surface area contributed by atoms with Crippen molar-refractivity contribution in [2.24, 2.45) is 11.3 Å². The Bertz CT molecular complexity index is 987. The van der Waals surface area contributed by atoms with Crippen molar-refractivity contribution in [1.82, 2.24) is 4.90 Å². The molecule has 0 saturated carbocycles. The van der Waals surface area contributed by atoms with Gasteiger partial charge in [-0.2, -0.15) is 0 Å². The Morgan fingerprint density at radius 1 is 1.06 bits per heavy atom. The van der Waals surface area contributed by atoms with Crippen LogP contribution in [0.1, 0.15) is 55.2 Å². The third kappa shape index (κ3) is 4.36. The zero-order chi connectivity index (χ0) is 22.0. The zero-order valence-electron chi connectivity index (χ0n) is 19.2. The van der Waals surface area contributed by atoms with Crippen molar-refractivity contribution in [3.05, 3.63) is 83.5 Å². The maximum absolute atomic E-state index is 10.1. The van der Waals surface area contributed by atoms with E-state index in [1.54, 1.807) is 0 Å². The van der Waals surface area contributed by atoms with Crippen LogP contribution in [0.2, 0.25) is 0 Å². The molecule has 0 spiro atoms. The highest BCUT2D eigenvalue weighted by Gasteiger charge is 2.41. The number of aromatic hydroxyl groups is 1. The molecule has 1 unspecified atom stereocenters. The summed E-state index contributed by atoms with van der Waals surface area (Å²) in [5.41, 5.74) is 4.14. The number of hydrogen-bond donors (Lipinski definition) is 1. The summed E-state index contributed by atoms with van der Waals surface area (Å²) in [6.07, 6.45) is 15.0. The molecule has 168 valence electrons. The first-order valence-electron chi connectivity index (χ1n) is 12.2. The van der Waals surface area contributed by atoms with Crippen LogP contribution in [0.25, 0.3) is 0 Å². The topological polar surface area (TPSA) is 32.7 Å². The minimum Gasteiger partial charge on any atom is -0.508 e. The van der Waals surface area contributed by atoms with Gasteiger partial charge in [0.15, 0.2) is 0 Å². The molecule has 0 radical (unpaired) electrons. The van der Waals surface area contributed by atoms with Gasteiger partial charge in [-0.25, -0.2) is 0 Å². The highest BCUT2D eigenvalue weighted by atomic mass is 16.5. The number of aryl methyl sites for hydroxylation is 1. The number of rotatable bonds is 6. The van der Waals surface area contributed by atoms with E-state index in [-0.39, 0.29) is 5.41 Å². The monoisotopic (exact) mass is 429 g/mol. The second-order valence-electron chi connectivity index (χ2n) is 9.97. The first-order chi connectivity index (χ1) is 15.6. The smallest absolute Gasteiger partial charge is 0.119 e. The molecule has 3 heteroatoms. The minimum absolute atomic E-state index is 0.139. The van der Waals surface area contributed by atoms with Crippen molar-refractivity contribution in [2.45, 2.75) is 44.9 Å². The molecule has 1 fully saturated rings. The zero-order valence-corrected chi connectivity index (χ0v) is 19.2. The highest BCUT2D eigenvalue weighted by molar-refractivity contribution is 5.46. The van der Waals surface area contributed by atoms with Crippen molar-refractivity contribution in [3.63, 3.8) is 0 Å². The van der Waals surface area contributed by atoms with Gasteiger partial charge in [-0.15, -0.1) is 0 Å². The van der Waals surface area contributed by atoms with Crippen LogP contribution in [0.3, 0.4) is 0 Å². The largest absolute Gasteiger partial charge is 0.508 e. The van der Waals surface area contributed by atoms with Crippen LogP contribution >= 0.6 is 0 Å². The van der Waals surface area contributed by atoms with Crippen molar-refractivity contribution in [1.29, 1.82) is 0 Å². The van der Waals surface area contributed by atoms with Crippen LogP contribution in [0.4, 0.5) is 0 Å². The fourth-order valence-electron chi connectivity index (χ4n) is 6.02. The van der Waals surface area contributed by atoms with E-state index in [4.69, 9.17) is 4.74 Å². The van der Waals surface area contributed by atoms with Gasteiger partial charge >= 0.3 is 0 Å². The van der Waals surface area contributed by atoms with Crippen LogP contribution in [0, 0.1) is 11.3 Å². The van der Waals surface area contributed by atoms with E-state index < -0.39 is 0 Å². The lowest BCUT2D eigenvalue weighted by molar-refractivity contribution is 0.205. The summed E-state index contributed by atoms with van der Waals surface area (Å²) in [4.78, 5) is 2.49. The first-order valence-corrected chi connectivity index (χ1v) is 12.2. The molecule has 0 aromatic heterocycles. The second-order valence-corrected chi connectivity index (χ2v) is 9.97. The Kier molecular flexibility index (Phi) is 6.10. The van der Waals surface area contributed by atoms with E-state index in [2.05, 4.69) is 66.5 Å². The number of likely N-dealkylation sites (tertiary alicyclic amines) is 1. The summed E-state index contributed by atoms with van der Waals surface area (Å²) < 4.78 is 6.06.